The summed E-state index contributed by atoms with van der Waals surface area (Å²) >= 11 is 0. The Hall–Kier alpha value is -4.22. The number of quaternary nitrogens is 1. The molecule has 2 saturated heterocycles. The Morgan fingerprint density at radius 3 is 2.69 bits per heavy atom. The molecule has 5 unspecified atom stereocenters. The molecule has 3 aromatic rings. The average molecular weight is 617 g/mol. The Morgan fingerprint density at radius 1 is 1.27 bits per heavy atom. The molecule has 2 aliphatic heterocycles. The molecule has 3 heterocycles. The van der Waals surface area contributed by atoms with E-state index in [-0.39, 0.29) is 29.5 Å². The van der Waals surface area contributed by atoms with E-state index < -0.39 is 17.6 Å². The number of hydrogen-bond acceptors (Lipinski definition) is 6. The van der Waals surface area contributed by atoms with Gasteiger partial charge in [-0.15, -0.1) is 12.6 Å². The number of allylic oxidation sites excluding steroid dienone is 3. The molecule has 0 spiro atoms. The Labute approximate surface area is 262 Å². The number of rotatable bonds is 10. The molecule has 2 radical (unpaired) electrons. The van der Waals surface area contributed by atoms with Gasteiger partial charge < -0.3 is 20.9 Å². The van der Waals surface area contributed by atoms with E-state index in [1.165, 1.54) is 12.0 Å². The van der Waals surface area contributed by atoms with Crippen LogP contribution in [0.25, 0.3) is 16.5 Å². The van der Waals surface area contributed by atoms with E-state index in [1.54, 1.807) is 25.4 Å². The highest BCUT2D eigenvalue weighted by Crippen LogP contribution is 2.45. The molecule has 0 amide bonds. The van der Waals surface area contributed by atoms with Gasteiger partial charge in [-0.05, 0) is 92.2 Å². The van der Waals surface area contributed by atoms with Crippen LogP contribution in [0.1, 0.15) is 41.8 Å². The molecule has 2 aromatic carbocycles. The van der Waals surface area contributed by atoms with E-state index in [2.05, 4.69) is 16.8 Å². The van der Waals surface area contributed by atoms with Gasteiger partial charge in [0.2, 0.25) is 0 Å². The number of halogens is 3. The maximum Gasteiger partial charge on any atom is 0.416 e. The van der Waals surface area contributed by atoms with Crippen molar-refractivity contribution in [2.75, 3.05) is 25.5 Å². The number of aliphatic hydroxyl groups is 1. The predicted molar refractivity (Wildman–Crippen MR) is 172 cm³/mol. The Bertz CT molecular complexity index is 1690. The molecule has 2 bridgehead atoms. The van der Waals surface area contributed by atoms with Crippen LogP contribution in [0.4, 0.5) is 18.9 Å². The van der Waals surface area contributed by atoms with Crippen LogP contribution in [-0.2, 0) is 6.18 Å². The van der Waals surface area contributed by atoms with Crippen LogP contribution < -0.4 is 21.1 Å². The van der Waals surface area contributed by atoms with E-state index in [1.807, 2.05) is 43.3 Å². The van der Waals surface area contributed by atoms with Gasteiger partial charge in [-0.2, -0.15) is 13.2 Å². The summed E-state index contributed by atoms with van der Waals surface area (Å²) in [6, 6.07) is 10.9. The average Bonchev–Trinajstić information content (AvgIpc) is 3.58. The van der Waals surface area contributed by atoms with Crippen molar-refractivity contribution in [2.45, 2.75) is 38.5 Å². The SMILES string of the molecule is [B]C=CC(=CC)c1cc(C([NH2+]C(N)=C(O)Nc2cc(C)cc(C(F)(F)F)c2)C2C3CCN2CC3C=C)c2cc(OC)ccc2n1. The third-order valence-corrected chi connectivity index (χ3v) is 8.87. The lowest BCUT2D eigenvalue weighted by atomic mass is 9.83. The van der Waals surface area contributed by atoms with E-state index in [0.717, 1.165) is 59.4 Å². The maximum absolute atomic E-state index is 13.5. The van der Waals surface area contributed by atoms with Gasteiger partial charge in [0.15, 0.2) is 0 Å². The van der Waals surface area contributed by atoms with Gasteiger partial charge in [0.05, 0.1) is 29.9 Å². The van der Waals surface area contributed by atoms with Crippen molar-refractivity contribution in [1.29, 1.82) is 0 Å². The molecule has 45 heavy (non-hydrogen) atoms. The molecule has 11 heteroatoms. The highest BCUT2D eigenvalue weighted by Gasteiger charge is 2.51. The lowest BCUT2D eigenvalue weighted by Gasteiger charge is -2.29. The number of fused-ring (bicyclic) bond motifs is 3. The summed E-state index contributed by atoms with van der Waals surface area (Å²) < 4.78 is 46.0. The van der Waals surface area contributed by atoms with Crippen molar-refractivity contribution >= 4 is 30.0 Å². The number of nitrogens with zero attached hydrogens (tertiary/aromatic N) is 2. The number of methoxy groups -OCH3 is 1. The molecular formula is C34H38BF3N5O2+. The van der Waals surface area contributed by atoms with Gasteiger partial charge in [-0.1, -0.05) is 18.2 Å². The fraction of sp³-hybridized carbons (Fsp3) is 0.324. The number of benzene rings is 2. The van der Waals surface area contributed by atoms with Crippen LogP contribution in [0.3, 0.4) is 0 Å². The third kappa shape index (κ3) is 6.60. The highest BCUT2D eigenvalue weighted by molar-refractivity contribution is 6.17. The summed E-state index contributed by atoms with van der Waals surface area (Å²) in [5.74, 6) is 2.29. The number of aliphatic hydroxyl groups excluding tert-OH is 1. The molecule has 5 atom stereocenters. The molecule has 5 rings (SSSR count). The third-order valence-electron chi connectivity index (χ3n) is 8.87. The Balaban J connectivity index is 1.64. The number of ether oxygens (including phenoxy) is 1. The van der Waals surface area contributed by atoms with Crippen molar-refractivity contribution in [1.82, 2.24) is 9.88 Å². The lowest BCUT2D eigenvalue weighted by molar-refractivity contribution is -0.659. The van der Waals surface area contributed by atoms with Crippen molar-refractivity contribution in [3.8, 4) is 5.75 Å². The van der Waals surface area contributed by atoms with Crippen LogP contribution in [0.5, 0.6) is 5.75 Å². The first-order valence-corrected chi connectivity index (χ1v) is 14.9. The zero-order valence-corrected chi connectivity index (χ0v) is 25.6. The van der Waals surface area contributed by atoms with Gasteiger partial charge in [0.1, 0.15) is 19.6 Å². The predicted octanol–water partition coefficient (Wildman–Crippen LogP) is 5.52. The van der Waals surface area contributed by atoms with Crippen molar-refractivity contribution < 1.29 is 28.3 Å². The summed E-state index contributed by atoms with van der Waals surface area (Å²) in [6.45, 7) is 9.33. The normalized spacial score (nSPS) is 22.9. The fourth-order valence-electron chi connectivity index (χ4n) is 6.82. The van der Waals surface area contributed by atoms with Crippen LogP contribution in [-0.4, -0.2) is 49.1 Å². The van der Waals surface area contributed by atoms with E-state index in [0.29, 0.717) is 17.2 Å². The number of alkyl halides is 3. The van der Waals surface area contributed by atoms with Crippen molar-refractivity contribution in [3.05, 3.63) is 107 Å². The van der Waals surface area contributed by atoms with Crippen molar-refractivity contribution in [3.63, 3.8) is 0 Å². The Kier molecular flexibility index (Phi) is 9.32. The van der Waals surface area contributed by atoms with Gasteiger partial charge in [0, 0.05) is 23.2 Å². The topological polar surface area (TPSA) is 100 Å². The largest absolute Gasteiger partial charge is 0.497 e. The summed E-state index contributed by atoms with van der Waals surface area (Å²) in [5, 5.41) is 16.5. The second-order valence-electron chi connectivity index (χ2n) is 11.6. The number of nitrogens with two attached hydrogens (primary N) is 2. The number of aromatic nitrogens is 1. The van der Waals surface area contributed by atoms with Gasteiger partial charge >= 0.3 is 6.18 Å². The zero-order valence-electron chi connectivity index (χ0n) is 25.6. The summed E-state index contributed by atoms with van der Waals surface area (Å²) in [4.78, 5) is 7.36. The van der Waals surface area contributed by atoms with Gasteiger partial charge in [0.25, 0.3) is 11.7 Å². The molecule has 2 fully saturated rings. The molecule has 2 aliphatic rings. The first-order valence-electron chi connectivity index (χ1n) is 14.9. The van der Waals surface area contributed by atoms with E-state index in [4.69, 9.17) is 23.3 Å². The van der Waals surface area contributed by atoms with E-state index in [9.17, 15) is 18.3 Å². The summed E-state index contributed by atoms with van der Waals surface area (Å²) in [7, 11) is 7.37. The molecular weight excluding hydrogens is 578 g/mol. The van der Waals surface area contributed by atoms with E-state index >= 15 is 0 Å². The summed E-state index contributed by atoms with van der Waals surface area (Å²) in [6.07, 6.45) is 2.18. The zero-order chi connectivity index (χ0) is 32.5. The second kappa shape index (κ2) is 13.0. The number of aryl methyl sites for hydroxylation is 1. The monoisotopic (exact) mass is 616 g/mol. The van der Waals surface area contributed by atoms with Crippen LogP contribution >= 0.6 is 0 Å². The number of pyridine rings is 1. The van der Waals surface area contributed by atoms with Crippen molar-refractivity contribution in [2.24, 2.45) is 17.6 Å². The van der Waals surface area contributed by atoms with Crippen LogP contribution in [0.2, 0.25) is 0 Å². The molecule has 0 aliphatic carbocycles. The fourth-order valence-corrected chi connectivity index (χ4v) is 6.82. The molecule has 0 saturated carbocycles. The minimum Gasteiger partial charge on any atom is -0.497 e. The number of piperidine rings is 1. The first-order chi connectivity index (χ1) is 21.5. The number of anilines is 1. The number of hydrogen-bond donors (Lipinski definition) is 4. The smallest absolute Gasteiger partial charge is 0.416 e. The quantitative estimate of drug-likeness (QED) is 0.104. The first kappa shape index (κ1) is 32.2. The molecule has 234 valence electrons. The van der Waals surface area contributed by atoms with Crippen LogP contribution in [0, 0.1) is 18.8 Å². The summed E-state index contributed by atoms with van der Waals surface area (Å²) in [5.41, 5.74) is 9.43. The molecule has 1 aromatic heterocycles. The Morgan fingerprint density at radius 2 is 2.04 bits per heavy atom. The standard InChI is InChI=1S/C34H37BF3N5O2/c1-5-20(9-11-35)29-17-27(26-16-24(45-4)7-8-28(26)41-29)30(31-25-10-12-43(31)18-21(25)6-2)42-32(39)33(44)40-23-14-19(3)13-22(15-23)34(36,37)38/h5-9,11,13-17,21,25,30-31,40,42,44H,2,10,12,18,39H2,1,3-4H3/p+1. The lowest BCUT2D eigenvalue weighted by Crippen LogP contribution is -2.88. The minimum atomic E-state index is -4.53. The molecule has 7 nitrogen and oxygen atoms in total. The van der Waals surface area contributed by atoms with Gasteiger partial charge in [-0.3, -0.25) is 10.2 Å². The minimum absolute atomic E-state index is 0.0141. The highest BCUT2D eigenvalue weighted by atomic mass is 19.4. The van der Waals surface area contributed by atoms with Gasteiger partial charge in [-0.25, -0.2) is 4.98 Å². The maximum atomic E-state index is 13.5. The van der Waals surface area contributed by atoms with Crippen LogP contribution in [0.15, 0.2) is 85.0 Å². The second-order valence-corrected chi connectivity index (χ2v) is 11.6. The number of nitrogens with one attached hydrogen (secondary N) is 1. The molecule has 6 N–H and O–H groups in total.